The number of carbonyl (C=O) groups excluding carboxylic acids is 3. The zero-order valence-corrected chi connectivity index (χ0v) is 19.3. The molecule has 1 aromatic rings. The van der Waals surface area contributed by atoms with Crippen LogP contribution >= 0.6 is 10.0 Å². The van der Waals surface area contributed by atoms with Crippen molar-refractivity contribution >= 4 is 28.0 Å². The molecule has 164 valence electrons. The Hall–Kier alpha value is -2.22. The molecule has 0 saturated carbocycles. The number of hydrogen-bond acceptors (Lipinski definition) is 5. The van der Waals surface area contributed by atoms with E-state index in [1.54, 1.807) is 45.0 Å². The summed E-state index contributed by atoms with van der Waals surface area (Å²) in [6.45, 7) is 5.62. The summed E-state index contributed by atoms with van der Waals surface area (Å²) in [4.78, 5) is 36.4. The van der Waals surface area contributed by atoms with Gasteiger partial charge in [0.05, 0.1) is 12.7 Å². The van der Waals surface area contributed by atoms with Crippen LogP contribution in [0.15, 0.2) is 24.3 Å². The highest BCUT2D eigenvalue weighted by atomic mass is 32.3. The van der Waals surface area contributed by atoms with E-state index in [0.717, 1.165) is 11.3 Å². The predicted octanol–water partition coefficient (Wildman–Crippen LogP) is 3.07. The van der Waals surface area contributed by atoms with E-state index in [1.165, 1.54) is 7.11 Å². The van der Waals surface area contributed by atoms with Crippen LogP contribution in [0.1, 0.15) is 43.1 Å². The van der Waals surface area contributed by atoms with Crippen molar-refractivity contribution in [2.75, 3.05) is 31.6 Å². The van der Waals surface area contributed by atoms with Gasteiger partial charge < -0.3 is 20.1 Å². The Morgan fingerprint density at radius 3 is 2.14 bits per heavy atom. The lowest BCUT2D eigenvalue weighted by Crippen LogP contribution is -2.48. The summed E-state index contributed by atoms with van der Waals surface area (Å²) in [6.07, 6.45) is 6.42. The maximum Gasteiger partial charge on any atom is 0.408 e. The SMILES string of the molecule is COC(=O)c1ccc(CNC(=O)[C@@H](CCS(C)(C)C)NC(=O)OC(C)(C)C)cc1. The molecule has 8 heteroatoms. The molecule has 0 aliphatic heterocycles. The molecule has 2 N–H and O–H groups in total. The van der Waals surface area contributed by atoms with E-state index >= 15 is 0 Å². The van der Waals surface area contributed by atoms with Gasteiger partial charge >= 0.3 is 12.1 Å². The maximum absolute atomic E-state index is 12.7. The largest absolute Gasteiger partial charge is 0.465 e. The quantitative estimate of drug-likeness (QED) is 0.623. The van der Waals surface area contributed by atoms with Crippen LogP contribution in [0.5, 0.6) is 0 Å². The molecule has 0 unspecified atom stereocenters. The average Bonchev–Trinajstić information content (AvgIpc) is 2.60. The molecule has 7 nitrogen and oxygen atoms in total. The van der Waals surface area contributed by atoms with Gasteiger partial charge in [-0.3, -0.25) is 4.79 Å². The minimum Gasteiger partial charge on any atom is -0.465 e. The number of alkyl carbamates (subject to hydrolysis) is 1. The van der Waals surface area contributed by atoms with Gasteiger partial charge in [0.1, 0.15) is 11.6 Å². The van der Waals surface area contributed by atoms with Gasteiger partial charge in [0.25, 0.3) is 0 Å². The lowest BCUT2D eigenvalue weighted by Gasteiger charge is -2.28. The Morgan fingerprint density at radius 2 is 1.66 bits per heavy atom. The smallest absolute Gasteiger partial charge is 0.408 e. The van der Waals surface area contributed by atoms with E-state index in [0.29, 0.717) is 12.0 Å². The first-order chi connectivity index (χ1) is 13.3. The molecule has 0 aromatic heterocycles. The first-order valence-electron chi connectivity index (χ1n) is 9.41. The van der Waals surface area contributed by atoms with Gasteiger partial charge in [0, 0.05) is 6.54 Å². The summed E-state index contributed by atoms with van der Waals surface area (Å²) >= 11 is 0. The standard InChI is InChI=1S/C21H34N2O5S/c1-21(2,3)28-20(26)23-17(12-13-29(5,6)7)18(24)22-14-15-8-10-16(11-9-15)19(25)27-4/h8-11,17H,12-14H2,1-7H3,(H,22,24)(H,23,26)/t17-/m1/s1. The van der Waals surface area contributed by atoms with Crippen molar-refractivity contribution in [3.05, 3.63) is 35.4 Å². The minimum absolute atomic E-state index is 0.267. The molecule has 0 spiro atoms. The van der Waals surface area contributed by atoms with Gasteiger partial charge in [0.15, 0.2) is 0 Å². The second-order valence-electron chi connectivity index (χ2n) is 8.69. The number of rotatable bonds is 8. The molecule has 0 radical (unpaired) electrons. The number of hydrogen-bond donors (Lipinski definition) is 2. The summed E-state index contributed by atoms with van der Waals surface area (Å²) in [5, 5.41) is 5.54. The lowest BCUT2D eigenvalue weighted by atomic mass is 10.1. The Kier molecular flexibility index (Phi) is 9.01. The Balaban J connectivity index is 2.74. The average molecular weight is 427 g/mol. The monoisotopic (exact) mass is 426 g/mol. The molecule has 0 aliphatic carbocycles. The highest BCUT2D eigenvalue weighted by Crippen LogP contribution is 2.35. The zero-order valence-electron chi connectivity index (χ0n) is 18.5. The third-order valence-corrected chi connectivity index (χ3v) is 5.33. The molecular weight excluding hydrogens is 392 g/mol. The second-order valence-corrected chi connectivity index (χ2v) is 13.3. The molecule has 0 aliphatic rings. The summed E-state index contributed by atoms with van der Waals surface area (Å²) in [5.41, 5.74) is 0.644. The molecule has 1 rings (SSSR count). The van der Waals surface area contributed by atoms with E-state index in [-0.39, 0.29) is 12.5 Å². The van der Waals surface area contributed by atoms with Crippen LogP contribution in [0.25, 0.3) is 0 Å². The first-order valence-corrected chi connectivity index (χ1v) is 12.4. The van der Waals surface area contributed by atoms with Gasteiger partial charge in [-0.25, -0.2) is 19.6 Å². The lowest BCUT2D eigenvalue weighted by molar-refractivity contribution is -0.123. The van der Waals surface area contributed by atoms with Crippen molar-refractivity contribution in [2.24, 2.45) is 0 Å². The van der Waals surface area contributed by atoms with E-state index in [9.17, 15) is 14.4 Å². The number of methoxy groups -OCH3 is 1. The summed E-state index contributed by atoms with van der Waals surface area (Å²) in [6, 6.07) is 6.12. The highest BCUT2D eigenvalue weighted by molar-refractivity contribution is 8.32. The molecule has 0 heterocycles. The summed E-state index contributed by atoms with van der Waals surface area (Å²) < 4.78 is 9.97. The number of benzene rings is 1. The summed E-state index contributed by atoms with van der Waals surface area (Å²) in [5.74, 6) is 0.165. The number of ether oxygens (including phenoxy) is 2. The van der Waals surface area contributed by atoms with Crippen LogP contribution in [0.3, 0.4) is 0 Å². The second kappa shape index (κ2) is 10.5. The molecular formula is C21H34N2O5S. The van der Waals surface area contributed by atoms with Gasteiger partial charge in [-0.1, -0.05) is 12.1 Å². The van der Waals surface area contributed by atoms with Crippen LogP contribution in [0, 0.1) is 0 Å². The molecule has 2 amide bonds. The molecule has 1 atom stereocenters. The first kappa shape index (κ1) is 24.8. The maximum atomic E-state index is 12.7. The summed E-state index contributed by atoms with van der Waals surface area (Å²) in [7, 11) is 0.505. The predicted molar refractivity (Wildman–Crippen MR) is 118 cm³/mol. The third-order valence-electron chi connectivity index (χ3n) is 3.87. The van der Waals surface area contributed by atoms with E-state index in [4.69, 9.17) is 4.74 Å². The van der Waals surface area contributed by atoms with E-state index < -0.39 is 33.7 Å². The normalized spacial score (nSPS) is 13.2. The van der Waals surface area contributed by atoms with Crippen LogP contribution in [0.2, 0.25) is 0 Å². The molecule has 29 heavy (non-hydrogen) atoms. The van der Waals surface area contributed by atoms with Gasteiger partial charge in [0.2, 0.25) is 5.91 Å². The van der Waals surface area contributed by atoms with Crippen LogP contribution in [-0.4, -0.2) is 61.2 Å². The van der Waals surface area contributed by atoms with Crippen molar-refractivity contribution in [1.82, 2.24) is 10.6 Å². The van der Waals surface area contributed by atoms with Crippen LogP contribution < -0.4 is 10.6 Å². The van der Waals surface area contributed by atoms with Crippen LogP contribution in [-0.2, 0) is 20.8 Å². The van der Waals surface area contributed by atoms with Crippen molar-refractivity contribution in [3.63, 3.8) is 0 Å². The van der Waals surface area contributed by atoms with Crippen molar-refractivity contribution in [3.8, 4) is 0 Å². The fraction of sp³-hybridized carbons (Fsp3) is 0.571. The van der Waals surface area contributed by atoms with Gasteiger partial charge in [-0.2, -0.15) is 0 Å². The highest BCUT2D eigenvalue weighted by Gasteiger charge is 2.25. The number of carbonyl (C=O) groups is 3. The molecule has 0 saturated heterocycles. The fourth-order valence-electron chi connectivity index (χ4n) is 2.38. The topological polar surface area (TPSA) is 93.7 Å². The molecule has 1 aromatic carbocycles. The van der Waals surface area contributed by atoms with Gasteiger partial charge in [-0.15, -0.1) is 0 Å². The molecule has 0 fully saturated rings. The fourth-order valence-corrected chi connectivity index (χ4v) is 3.32. The number of amides is 2. The third kappa shape index (κ3) is 10.2. The Labute approximate surface area is 175 Å². The van der Waals surface area contributed by atoms with Crippen molar-refractivity contribution < 1.29 is 23.9 Å². The molecule has 0 bridgehead atoms. The Morgan fingerprint density at radius 1 is 1.07 bits per heavy atom. The van der Waals surface area contributed by atoms with Gasteiger partial charge in [-0.05, 0) is 69.4 Å². The zero-order chi connectivity index (χ0) is 22.2. The van der Waals surface area contributed by atoms with E-state index in [1.807, 2.05) is 0 Å². The number of esters is 1. The van der Waals surface area contributed by atoms with Crippen molar-refractivity contribution in [1.29, 1.82) is 0 Å². The Bertz CT molecular complexity index is 705. The minimum atomic E-state index is -0.822. The van der Waals surface area contributed by atoms with Crippen molar-refractivity contribution in [2.45, 2.75) is 45.4 Å². The number of nitrogens with one attached hydrogen (secondary N) is 2. The van der Waals surface area contributed by atoms with E-state index in [2.05, 4.69) is 34.1 Å². The van der Waals surface area contributed by atoms with Crippen LogP contribution in [0.4, 0.5) is 4.79 Å².